The van der Waals surface area contributed by atoms with Crippen molar-refractivity contribution in [2.75, 3.05) is 13.1 Å². The number of hydrogen-bond donors (Lipinski definition) is 2. The number of carbonyl (C=O) groups is 1. The Labute approximate surface area is 134 Å². The summed E-state index contributed by atoms with van der Waals surface area (Å²) in [6.45, 7) is 1.92. The summed E-state index contributed by atoms with van der Waals surface area (Å²) in [6.07, 6.45) is 4.13. The van der Waals surface area contributed by atoms with Crippen LogP contribution in [0.2, 0.25) is 0 Å². The largest absolute Gasteiger partial charge is 0.351 e. The summed E-state index contributed by atoms with van der Waals surface area (Å²) in [7, 11) is 0. The minimum atomic E-state index is -0.275. The van der Waals surface area contributed by atoms with E-state index in [9.17, 15) is 4.79 Å². The molecule has 1 amide bonds. The second-order valence-electron chi connectivity index (χ2n) is 5.61. The first-order valence-corrected chi connectivity index (χ1v) is 7.78. The summed E-state index contributed by atoms with van der Waals surface area (Å²) in [4.78, 5) is 12.6. The van der Waals surface area contributed by atoms with Gasteiger partial charge in [0, 0.05) is 17.1 Å². The maximum absolute atomic E-state index is 12.6. The lowest BCUT2D eigenvalue weighted by Crippen LogP contribution is -2.52. The van der Waals surface area contributed by atoms with E-state index in [2.05, 4.69) is 38.7 Å². The molecule has 0 bridgehead atoms. The van der Waals surface area contributed by atoms with Crippen molar-refractivity contribution in [2.45, 2.75) is 37.1 Å². The average Bonchev–Trinajstić information content (AvgIpc) is 2.83. The van der Waals surface area contributed by atoms with Crippen molar-refractivity contribution < 1.29 is 4.79 Å². The first kappa shape index (κ1) is 15.8. The molecule has 1 unspecified atom stereocenters. The highest BCUT2D eigenvalue weighted by atomic mass is 79.9. The van der Waals surface area contributed by atoms with Gasteiger partial charge in [0.25, 0.3) is 0 Å². The molecule has 1 aliphatic carbocycles. The van der Waals surface area contributed by atoms with Gasteiger partial charge in [-0.05, 0) is 43.5 Å². The van der Waals surface area contributed by atoms with Crippen molar-refractivity contribution >= 4 is 34.2 Å². The molecule has 1 heterocycles. The fraction of sp³-hybridized carbons (Fsp3) is 0.533. The molecule has 1 aliphatic heterocycles. The topological polar surface area (TPSA) is 41.1 Å². The van der Waals surface area contributed by atoms with Crippen molar-refractivity contribution in [3.05, 3.63) is 34.3 Å². The van der Waals surface area contributed by atoms with Gasteiger partial charge in [0.05, 0.1) is 5.41 Å². The van der Waals surface area contributed by atoms with Crippen LogP contribution in [-0.2, 0) is 10.2 Å². The molecule has 2 aliphatic rings. The smallest absolute Gasteiger partial charge is 0.230 e. The number of carbonyl (C=O) groups excluding carboxylic acids is 1. The van der Waals surface area contributed by atoms with E-state index in [1.165, 1.54) is 0 Å². The predicted octanol–water partition coefficient (Wildman–Crippen LogP) is 2.77. The Kier molecular flexibility index (Phi) is 5.10. The molecule has 3 nitrogen and oxygen atoms in total. The van der Waals surface area contributed by atoms with Gasteiger partial charge in [-0.3, -0.25) is 4.79 Å². The molecule has 1 atom stereocenters. The van der Waals surface area contributed by atoms with Gasteiger partial charge in [-0.15, -0.1) is 12.4 Å². The number of nitrogens with one attached hydrogen (secondary N) is 2. The molecule has 0 spiro atoms. The molecule has 1 aromatic rings. The molecule has 0 radical (unpaired) electrons. The normalized spacial score (nSPS) is 23.6. The summed E-state index contributed by atoms with van der Waals surface area (Å²) in [5.41, 5.74) is 0.883. The summed E-state index contributed by atoms with van der Waals surface area (Å²) >= 11 is 3.45. The third-order valence-electron chi connectivity index (χ3n) is 4.43. The monoisotopic (exact) mass is 358 g/mol. The van der Waals surface area contributed by atoms with Gasteiger partial charge in [0.2, 0.25) is 5.91 Å². The Hall–Kier alpha value is -0.580. The van der Waals surface area contributed by atoms with Crippen molar-refractivity contribution in [1.82, 2.24) is 10.6 Å². The van der Waals surface area contributed by atoms with Crippen molar-refractivity contribution in [1.29, 1.82) is 0 Å². The third kappa shape index (κ3) is 2.87. The Morgan fingerprint density at radius 1 is 1.30 bits per heavy atom. The van der Waals surface area contributed by atoms with E-state index in [1.54, 1.807) is 0 Å². The SMILES string of the molecule is Cl.O=C(NC1CCNC1)C1(c2ccc(Br)cc2)CCC1. The number of amides is 1. The van der Waals surface area contributed by atoms with E-state index in [4.69, 9.17) is 0 Å². The molecule has 3 rings (SSSR count). The Bertz CT molecular complexity index is 467. The van der Waals surface area contributed by atoms with Crippen LogP contribution < -0.4 is 10.6 Å². The van der Waals surface area contributed by atoms with Crippen LogP contribution in [0.25, 0.3) is 0 Å². The lowest BCUT2D eigenvalue weighted by Gasteiger charge is -2.41. The van der Waals surface area contributed by atoms with Crippen LogP contribution in [-0.4, -0.2) is 25.0 Å². The summed E-state index contributed by atoms with van der Waals surface area (Å²) in [5, 5.41) is 6.51. The first-order chi connectivity index (χ1) is 9.21. The van der Waals surface area contributed by atoms with E-state index in [0.29, 0.717) is 6.04 Å². The van der Waals surface area contributed by atoms with Gasteiger partial charge >= 0.3 is 0 Å². The van der Waals surface area contributed by atoms with Gasteiger partial charge in [0.1, 0.15) is 0 Å². The highest BCUT2D eigenvalue weighted by Gasteiger charge is 2.46. The molecule has 20 heavy (non-hydrogen) atoms. The van der Waals surface area contributed by atoms with E-state index in [1.807, 2.05) is 12.1 Å². The zero-order chi connectivity index (χ0) is 13.3. The van der Waals surface area contributed by atoms with Gasteiger partial charge in [-0.25, -0.2) is 0 Å². The number of benzene rings is 1. The summed E-state index contributed by atoms with van der Waals surface area (Å²) in [6, 6.07) is 8.52. The van der Waals surface area contributed by atoms with Crippen LogP contribution in [0.4, 0.5) is 0 Å². The van der Waals surface area contributed by atoms with Gasteiger partial charge in [-0.1, -0.05) is 34.5 Å². The van der Waals surface area contributed by atoms with Crippen LogP contribution in [0.15, 0.2) is 28.7 Å². The molecular weight excluding hydrogens is 340 g/mol. The minimum Gasteiger partial charge on any atom is -0.351 e. The lowest BCUT2D eigenvalue weighted by atomic mass is 9.63. The maximum Gasteiger partial charge on any atom is 0.230 e. The van der Waals surface area contributed by atoms with Crippen LogP contribution in [0.1, 0.15) is 31.2 Å². The number of hydrogen-bond acceptors (Lipinski definition) is 2. The zero-order valence-electron chi connectivity index (χ0n) is 11.3. The highest BCUT2D eigenvalue weighted by Crippen LogP contribution is 2.44. The first-order valence-electron chi connectivity index (χ1n) is 6.98. The van der Waals surface area contributed by atoms with Crippen molar-refractivity contribution in [2.24, 2.45) is 0 Å². The van der Waals surface area contributed by atoms with Gasteiger partial charge in [0.15, 0.2) is 0 Å². The Morgan fingerprint density at radius 2 is 2.00 bits per heavy atom. The van der Waals surface area contributed by atoms with E-state index in [0.717, 1.165) is 48.8 Å². The standard InChI is InChI=1S/C15H19BrN2O.ClH/c16-12-4-2-11(3-5-12)15(7-1-8-15)14(19)18-13-6-9-17-10-13;/h2-5,13,17H,1,6-10H2,(H,18,19);1H. The van der Waals surface area contributed by atoms with Crippen LogP contribution >= 0.6 is 28.3 Å². The lowest BCUT2D eigenvalue weighted by molar-refractivity contribution is -0.130. The minimum absolute atomic E-state index is 0. The van der Waals surface area contributed by atoms with Gasteiger partial charge in [-0.2, -0.15) is 0 Å². The molecule has 1 aromatic carbocycles. The van der Waals surface area contributed by atoms with E-state index in [-0.39, 0.29) is 23.7 Å². The second kappa shape index (κ2) is 6.46. The Morgan fingerprint density at radius 3 is 2.50 bits per heavy atom. The molecule has 2 N–H and O–H groups in total. The highest BCUT2D eigenvalue weighted by molar-refractivity contribution is 9.10. The van der Waals surface area contributed by atoms with Crippen molar-refractivity contribution in [3.63, 3.8) is 0 Å². The number of rotatable bonds is 3. The third-order valence-corrected chi connectivity index (χ3v) is 4.96. The molecule has 110 valence electrons. The molecule has 1 saturated carbocycles. The van der Waals surface area contributed by atoms with Crippen molar-refractivity contribution in [3.8, 4) is 0 Å². The molecule has 0 aromatic heterocycles. The molecular formula is C15H20BrClN2O. The van der Waals surface area contributed by atoms with Crippen LogP contribution in [0, 0.1) is 0 Å². The summed E-state index contributed by atoms with van der Waals surface area (Å²) in [5.74, 6) is 0.217. The fourth-order valence-electron chi connectivity index (χ4n) is 3.05. The summed E-state index contributed by atoms with van der Waals surface area (Å²) < 4.78 is 1.06. The molecule has 5 heteroatoms. The molecule has 2 fully saturated rings. The number of halogens is 2. The van der Waals surface area contributed by atoms with Crippen LogP contribution in [0.5, 0.6) is 0 Å². The van der Waals surface area contributed by atoms with E-state index < -0.39 is 0 Å². The molecule has 1 saturated heterocycles. The second-order valence-corrected chi connectivity index (χ2v) is 6.52. The quantitative estimate of drug-likeness (QED) is 0.871. The maximum atomic E-state index is 12.6. The van der Waals surface area contributed by atoms with Gasteiger partial charge < -0.3 is 10.6 Å². The van der Waals surface area contributed by atoms with E-state index >= 15 is 0 Å². The average molecular weight is 360 g/mol. The van der Waals surface area contributed by atoms with Crippen LogP contribution in [0.3, 0.4) is 0 Å². The fourth-order valence-corrected chi connectivity index (χ4v) is 3.31. The Balaban J connectivity index is 0.00000147. The zero-order valence-corrected chi connectivity index (χ0v) is 13.7. The predicted molar refractivity (Wildman–Crippen MR) is 86.3 cm³/mol.